The van der Waals surface area contributed by atoms with E-state index in [9.17, 15) is 21.6 Å². The number of ketones is 1. The molecule has 8 heteroatoms. The molecular formula is C28H29NO5S2. The summed E-state index contributed by atoms with van der Waals surface area (Å²) in [5.41, 5.74) is 2.89. The van der Waals surface area contributed by atoms with Gasteiger partial charge in [-0.15, -0.1) is 0 Å². The number of hydrogen-bond acceptors (Lipinski definition) is 5. The number of carbonyl (C=O) groups is 1. The molecule has 36 heavy (non-hydrogen) atoms. The summed E-state index contributed by atoms with van der Waals surface area (Å²) in [6, 6.07) is 23.2. The second-order valence-electron chi connectivity index (χ2n) is 9.29. The van der Waals surface area contributed by atoms with Gasteiger partial charge in [-0.05, 0) is 36.1 Å². The lowest BCUT2D eigenvalue weighted by atomic mass is 9.80. The van der Waals surface area contributed by atoms with E-state index in [4.69, 9.17) is 0 Å². The predicted octanol–water partition coefficient (Wildman–Crippen LogP) is 4.39. The van der Waals surface area contributed by atoms with Crippen molar-refractivity contribution in [1.29, 1.82) is 0 Å². The second kappa shape index (κ2) is 10.1. The summed E-state index contributed by atoms with van der Waals surface area (Å²) in [5.74, 6) is -1.14. The molecule has 0 fully saturated rings. The maximum absolute atomic E-state index is 13.9. The lowest BCUT2D eigenvalue weighted by Gasteiger charge is -2.40. The van der Waals surface area contributed by atoms with Gasteiger partial charge in [-0.1, -0.05) is 85.3 Å². The summed E-state index contributed by atoms with van der Waals surface area (Å²) in [5, 5.41) is 0. The fraction of sp³-hybridized carbons (Fsp3) is 0.250. The third-order valence-corrected chi connectivity index (χ3v) is 9.18. The minimum absolute atomic E-state index is 0.0133. The van der Waals surface area contributed by atoms with Gasteiger partial charge in [0.2, 0.25) is 10.0 Å². The molecule has 6 nitrogen and oxygen atoms in total. The maximum Gasteiger partial charge on any atom is 0.243 e. The van der Waals surface area contributed by atoms with E-state index in [1.54, 1.807) is 60.7 Å². The Kier molecular flexibility index (Phi) is 7.31. The third-order valence-electron chi connectivity index (χ3n) is 6.37. The van der Waals surface area contributed by atoms with Crippen LogP contribution < -0.4 is 0 Å². The van der Waals surface area contributed by atoms with E-state index in [-0.39, 0.29) is 17.2 Å². The zero-order valence-electron chi connectivity index (χ0n) is 20.5. The van der Waals surface area contributed by atoms with Gasteiger partial charge in [0.1, 0.15) is 9.84 Å². The monoisotopic (exact) mass is 523 g/mol. The van der Waals surface area contributed by atoms with Crippen LogP contribution >= 0.6 is 0 Å². The van der Waals surface area contributed by atoms with E-state index in [2.05, 4.69) is 0 Å². The van der Waals surface area contributed by atoms with Gasteiger partial charge in [-0.2, -0.15) is 4.31 Å². The first-order valence-electron chi connectivity index (χ1n) is 11.6. The van der Waals surface area contributed by atoms with Gasteiger partial charge in [0.15, 0.2) is 5.78 Å². The van der Waals surface area contributed by atoms with Crippen LogP contribution in [0, 0.1) is 12.8 Å². The fourth-order valence-electron chi connectivity index (χ4n) is 4.70. The van der Waals surface area contributed by atoms with E-state index in [1.165, 1.54) is 16.4 Å². The summed E-state index contributed by atoms with van der Waals surface area (Å²) in [7, 11) is -7.69. The minimum Gasteiger partial charge on any atom is -0.289 e. The molecular weight excluding hydrogens is 494 g/mol. The second-order valence-corrected chi connectivity index (χ2v) is 13.4. The first-order valence-corrected chi connectivity index (χ1v) is 15.1. The van der Waals surface area contributed by atoms with Crippen LogP contribution in [0.15, 0.2) is 95.4 Å². The van der Waals surface area contributed by atoms with Gasteiger partial charge < -0.3 is 0 Å². The predicted molar refractivity (Wildman–Crippen MR) is 142 cm³/mol. The van der Waals surface area contributed by atoms with E-state index < -0.39 is 37.6 Å². The summed E-state index contributed by atoms with van der Waals surface area (Å²) < 4.78 is 54.3. The number of sulfone groups is 1. The van der Waals surface area contributed by atoms with Crippen molar-refractivity contribution in [1.82, 2.24) is 4.31 Å². The smallest absolute Gasteiger partial charge is 0.243 e. The molecule has 0 spiro atoms. The molecule has 0 unspecified atom stereocenters. The molecule has 3 aromatic carbocycles. The molecule has 0 N–H and O–H groups in total. The number of rotatable bonds is 7. The van der Waals surface area contributed by atoms with Crippen LogP contribution in [0.4, 0.5) is 0 Å². The maximum atomic E-state index is 13.9. The number of carbonyl (C=O) groups excluding carboxylic acids is 1. The van der Waals surface area contributed by atoms with Crippen molar-refractivity contribution in [2.45, 2.75) is 24.8 Å². The molecule has 4 rings (SSSR count). The Labute approximate surface area is 213 Å². The van der Waals surface area contributed by atoms with Crippen LogP contribution in [0.3, 0.4) is 0 Å². The summed E-state index contributed by atoms with van der Waals surface area (Å²) in [4.78, 5) is 13.9. The quantitative estimate of drug-likeness (QED) is 0.429. The Morgan fingerprint density at radius 2 is 1.42 bits per heavy atom. The van der Waals surface area contributed by atoms with Gasteiger partial charge in [-0.3, -0.25) is 4.79 Å². The molecule has 0 aliphatic carbocycles. The van der Waals surface area contributed by atoms with Gasteiger partial charge in [0.05, 0.1) is 16.7 Å². The van der Waals surface area contributed by atoms with E-state index in [0.29, 0.717) is 22.3 Å². The van der Waals surface area contributed by atoms with Crippen molar-refractivity contribution in [3.05, 3.63) is 107 Å². The Hall–Kier alpha value is -3.07. The molecule has 0 bridgehead atoms. The molecule has 188 valence electrons. The topological polar surface area (TPSA) is 88.6 Å². The number of aryl methyl sites for hydroxylation is 1. The van der Waals surface area contributed by atoms with Crippen molar-refractivity contribution >= 4 is 31.2 Å². The molecule has 0 radical (unpaired) electrons. The number of sulfonamides is 1. The van der Waals surface area contributed by atoms with Crippen LogP contribution in [-0.2, 0) is 19.9 Å². The summed E-state index contributed by atoms with van der Waals surface area (Å²) in [6.45, 7) is 3.66. The number of hydrogen-bond donors (Lipinski definition) is 0. The molecule has 0 aromatic heterocycles. The average molecular weight is 524 g/mol. The van der Waals surface area contributed by atoms with Gasteiger partial charge >= 0.3 is 0 Å². The highest BCUT2D eigenvalue weighted by molar-refractivity contribution is 7.91. The van der Waals surface area contributed by atoms with Crippen molar-refractivity contribution in [2.24, 2.45) is 5.92 Å². The van der Waals surface area contributed by atoms with E-state index in [1.807, 2.05) is 26.0 Å². The summed E-state index contributed by atoms with van der Waals surface area (Å²) in [6.07, 6.45) is 1.09. The first kappa shape index (κ1) is 26.0. The SMILES string of the molecule is Cc1ccc(S(=O)(=O)N2C[C@H](C)C(C(=O)c3ccccc3)=C(c3ccccc3)[C@@H]2CS(C)(=O)=O)cc1. The van der Waals surface area contributed by atoms with Crippen molar-refractivity contribution < 1.29 is 21.6 Å². The molecule has 1 aliphatic heterocycles. The number of Topliss-reactive ketones (excluding diaryl/α,β-unsaturated/α-hetero) is 1. The summed E-state index contributed by atoms with van der Waals surface area (Å²) >= 11 is 0. The molecule has 3 aromatic rings. The van der Waals surface area contributed by atoms with Crippen molar-refractivity contribution in [2.75, 3.05) is 18.6 Å². The third kappa shape index (κ3) is 5.36. The zero-order chi connectivity index (χ0) is 26.1. The minimum atomic E-state index is -4.06. The highest BCUT2D eigenvalue weighted by atomic mass is 32.2. The lowest BCUT2D eigenvalue weighted by molar-refractivity contribution is 0.101. The fourth-order valence-corrected chi connectivity index (χ4v) is 7.40. The molecule has 0 saturated heterocycles. The molecule has 1 heterocycles. The average Bonchev–Trinajstić information content (AvgIpc) is 2.84. The largest absolute Gasteiger partial charge is 0.289 e. The first-order chi connectivity index (χ1) is 17.0. The standard InChI is InChI=1S/C28H29NO5S2/c1-20-14-16-24(17-15-20)36(33,34)29-18-21(2)26(28(30)23-12-8-5-9-13-23)27(22-10-6-4-7-11-22)25(29)19-35(3,31)32/h4-17,21,25H,18-19H2,1-3H3/t21-,25-/m0/s1. The molecule has 2 atom stereocenters. The van der Waals surface area contributed by atoms with E-state index in [0.717, 1.165) is 11.8 Å². The van der Waals surface area contributed by atoms with Crippen LogP contribution in [0.25, 0.3) is 5.57 Å². The molecule has 1 aliphatic rings. The number of nitrogens with zero attached hydrogens (tertiary/aromatic N) is 1. The normalized spacial score (nSPS) is 19.3. The van der Waals surface area contributed by atoms with Gasteiger partial charge in [-0.25, -0.2) is 16.8 Å². The van der Waals surface area contributed by atoms with Crippen LogP contribution in [0.1, 0.15) is 28.4 Å². The zero-order valence-corrected chi connectivity index (χ0v) is 22.1. The number of benzene rings is 3. The van der Waals surface area contributed by atoms with Crippen LogP contribution in [0.5, 0.6) is 0 Å². The lowest BCUT2D eigenvalue weighted by Crippen LogP contribution is -2.51. The molecule has 0 saturated carbocycles. The van der Waals surface area contributed by atoms with E-state index >= 15 is 0 Å². The molecule has 0 amide bonds. The Morgan fingerprint density at radius 3 is 1.97 bits per heavy atom. The van der Waals surface area contributed by atoms with Crippen molar-refractivity contribution in [3.8, 4) is 0 Å². The van der Waals surface area contributed by atoms with Crippen LogP contribution in [-0.4, -0.2) is 51.5 Å². The Bertz CT molecular complexity index is 1500. The van der Waals surface area contributed by atoms with Crippen LogP contribution in [0.2, 0.25) is 0 Å². The Morgan fingerprint density at radius 1 is 0.861 bits per heavy atom. The Balaban J connectivity index is 1.98. The van der Waals surface area contributed by atoms with Gasteiger partial charge in [0.25, 0.3) is 0 Å². The highest BCUT2D eigenvalue weighted by Gasteiger charge is 2.44. The highest BCUT2D eigenvalue weighted by Crippen LogP contribution is 2.40. The van der Waals surface area contributed by atoms with Gasteiger partial charge in [0, 0.05) is 23.9 Å². The van der Waals surface area contributed by atoms with Crippen molar-refractivity contribution in [3.63, 3.8) is 0 Å².